The lowest BCUT2D eigenvalue weighted by Gasteiger charge is -2.26. The molecule has 0 bridgehead atoms. The van der Waals surface area contributed by atoms with Crippen molar-refractivity contribution < 1.29 is 17.9 Å². The van der Waals surface area contributed by atoms with Crippen LogP contribution in [0, 0.1) is 5.92 Å². The molecule has 7 nitrogen and oxygen atoms in total. The van der Waals surface area contributed by atoms with Crippen molar-refractivity contribution in [1.29, 1.82) is 0 Å². The van der Waals surface area contributed by atoms with Crippen molar-refractivity contribution in [3.63, 3.8) is 0 Å². The molecule has 1 aromatic carbocycles. The van der Waals surface area contributed by atoms with Gasteiger partial charge in [-0.05, 0) is 17.7 Å². The van der Waals surface area contributed by atoms with E-state index in [4.69, 9.17) is 10.5 Å². The van der Waals surface area contributed by atoms with Crippen LogP contribution in [0.3, 0.4) is 0 Å². The summed E-state index contributed by atoms with van der Waals surface area (Å²) in [6.07, 6.45) is 0. The van der Waals surface area contributed by atoms with Crippen molar-refractivity contribution in [3.8, 4) is 0 Å². The second-order valence-electron chi connectivity index (χ2n) is 5.51. The third-order valence-corrected chi connectivity index (χ3v) is 5.71. The van der Waals surface area contributed by atoms with Crippen molar-refractivity contribution in [1.82, 2.24) is 9.62 Å². The quantitative estimate of drug-likeness (QED) is 0.753. The molecule has 128 valence electrons. The molecule has 0 spiro atoms. The topological polar surface area (TPSA) is 102 Å². The molecule has 1 aromatic rings. The Kier molecular flexibility index (Phi) is 6.11. The maximum absolute atomic E-state index is 12.5. The van der Waals surface area contributed by atoms with Crippen LogP contribution >= 0.6 is 0 Å². The van der Waals surface area contributed by atoms with Gasteiger partial charge in [-0.15, -0.1) is 0 Å². The van der Waals surface area contributed by atoms with Gasteiger partial charge in [0.05, 0.1) is 18.1 Å². The highest BCUT2D eigenvalue weighted by molar-refractivity contribution is 7.89. The Morgan fingerprint density at radius 3 is 2.48 bits per heavy atom. The number of hydrogen-bond acceptors (Lipinski definition) is 5. The van der Waals surface area contributed by atoms with Gasteiger partial charge in [0.15, 0.2) is 0 Å². The molecule has 1 saturated heterocycles. The van der Waals surface area contributed by atoms with Gasteiger partial charge in [-0.2, -0.15) is 4.31 Å². The van der Waals surface area contributed by atoms with Gasteiger partial charge in [-0.3, -0.25) is 4.79 Å². The number of carbonyl (C=O) groups excluding carboxylic acids is 1. The molecule has 1 unspecified atom stereocenters. The highest BCUT2D eigenvalue weighted by atomic mass is 32.2. The Labute approximate surface area is 136 Å². The fourth-order valence-electron chi connectivity index (χ4n) is 2.19. The first-order chi connectivity index (χ1) is 10.9. The Morgan fingerprint density at radius 2 is 1.91 bits per heavy atom. The number of amides is 1. The first-order valence-electron chi connectivity index (χ1n) is 7.59. The third-order valence-electron chi connectivity index (χ3n) is 3.80. The van der Waals surface area contributed by atoms with Crippen molar-refractivity contribution in [2.24, 2.45) is 11.7 Å². The third kappa shape index (κ3) is 4.51. The van der Waals surface area contributed by atoms with Crippen molar-refractivity contribution in [3.05, 3.63) is 29.8 Å². The maximum atomic E-state index is 12.5. The molecule has 0 aliphatic carbocycles. The smallest absolute Gasteiger partial charge is 0.243 e. The maximum Gasteiger partial charge on any atom is 0.243 e. The van der Waals surface area contributed by atoms with Gasteiger partial charge < -0.3 is 15.8 Å². The van der Waals surface area contributed by atoms with E-state index in [0.717, 1.165) is 5.56 Å². The van der Waals surface area contributed by atoms with Crippen LogP contribution in [-0.2, 0) is 26.1 Å². The van der Waals surface area contributed by atoms with E-state index in [1.807, 2.05) is 0 Å². The van der Waals surface area contributed by atoms with Gasteiger partial charge in [0, 0.05) is 32.1 Å². The van der Waals surface area contributed by atoms with Crippen LogP contribution in [0.2, 0.25) is 0 Å². The molecule has 1 atom stereocenters. The van der Waals surface area contributed by atoms with E-state index in [1.54, 1.807) is 31.2 Å². The zero-order valence-electron chi connectivity index (χ0n) is 13.2. The number of ether oxygens (including phenoxy) is 1. The molecule has 0 radical (unpaired) electrons. The van der Waals surface area contributed by atoms with Crippen LogP contribution in [0.1, 0.15) is 12.5 Å². The second kappa shape index (κ2) is 7.87. The van der Waals surface area contributed by atoms with E-state index in [9.17, 15) is 13.2 Å². The Bertz CT molecular complexity index is 625. The summed E-state index contributed by atoms with van der Waals surface area (Å²) in [6, 6.07) is 6.55. The first-order valence-corrected chi connectivity index (χ1v) is 9.04. The van der Waals surface area contributed by atoms with Gasteiger partial charge in [0.25, 0.3) is 0 Å². The lowest BCUT2D eigenvalue weighted by atomic mass is 10.1. The minimum atomic E-state index is -3.48. The normalized spacial score (nSPS) is 17.7. The van der Waals surface area contributed by atoms with Crippen LogP contribution in [0.25, 0.3) is 0 Å². The molecule has 1 heterocycles. The van der Waals surface area contributed by atoms with Gasteiger partial charge in [-0.25, -0.2) is 8.42 Å². The molecule has 1 aliphatic rings. The molecular weight excluding hydrogens is 318 g/mol. The average Bonchev–Trinajstić information content (AvgIpc) is 2.60. The van der Waals surface area contributed by atoms with E-state index in [1.165, 1.54) is 4.31 Å². The number of nitrogens with zero attached hydrogens (tertiary/aromatic N) is 1. The van der Waals surface area contributed by atoms with Crippen LogP contribution < -0.4 is 11.1 Å². The fourth-order valence-corrected chi connectivity index (χ4v) is 3.59. The van der Waals surface area contributed by atoms with Crippen molar-refractivity contribution >= 4 is 15.9 Å². The molecule has 8 heteroatoms. The van der Waals surface area contributed by atoms with E-state index in [2.05, 4.69) is 5.32 Å². The van der Waals surface area contributed by atoms with Crippen molar-refractivity contribution in [2.75, 3.05) is 32.8 Å². The summed E-state index contributed by atoms with van der Waals surface area (Å²) >= 11 is 0. The number of hydrogen-bond donors (Lipinski definition) is 2. The Balaban J connectivity index is 2.00. The molecule has 3 N–H and O–H groups in total. The largest absolute Gasteiger partial charge is 0.379 e. The number of nitrogens with two attached hydrogens (primary N) is 1. The zero-order chi connectivity index (χ0) is 16.9. The standard InChI is InChI=1S/C15H23N3O4S/c1-12(10-16)15(19)17-11-13-2-4-14(5-3-13)23(20,21)18-6-8-22-9-7-18/h2-5,12H,6-11,16H2,1H3,(H,17,19). The van der Waals surface area contributed by atoms with Gasteiger partial charge in [0.1, 0.15) is 0 Å². The van der Waals surface area contributed by atoms with E-state index >= 15 is 0 Å². The number of nitrogens with one attached hydrogen (secondary N) is 1. The minimum Gasteiger partial charge on any atom is -0.379 e. The highest BCUT2D eigenvalue weighted by Gasteiger charge is 2.26. The van der Waals surface area contributed by atoms with Gasteiger partial charge in [0.2, 0.25) is 15.9 Å². The van der Waals surface area contributed by atoms with Crippen LogP contribution in [0.4, 0.5) is 0 Å². The molecule has 2 rings (SSSR count). The van der Waals surface area contributed by atoms with Gasteiger partial charge >= 0.3 is 0 Å². The average molecular weight is 341 g/mol. The Morgan fingerprint density at radius 1 is 1.30 bits per heavy atom. The van der Waals surface area contributed by atoms with Gasteiger partial charge in [-0.1, -0.05) is 19.1 Å². The lowest BCUT2D eigenvalue weighted by Crippen LogP contribution is -2.40. The second-order valence-corrected chi connectivity index (χ2v) is 7.45. The van der Waals surface area contributed by atoms with Crippen LogP contribution in [0.15, 0.2) is 29.2 Å². The van der Waals surface area contributed by atoms with E-state index < -0.39 is 10.0 Å². The summed E-state index contributed by atoms with van der Waals surface area (Å²) in [5.41, 5.74) is 6.28. The molecule has 1 aliphatic heterocycles. The van der Waals surface area contributed by atoms with Crippen LogP contribution in [0.5, 0.6) is 0 Å². The minimum absolute atomic E-state index is 0.113. The number of morpholine rings is 1. The molecule has 0 saturated carbocycles. The molecular formula is C15H23N3O4S. The molecule has 1 amide bonds. The predicted octanol–water partition coefficient (Wildman–Crippen LogP) is -0.0815. The SMILES string of the molecule is CC(CN)C(=O)NCc1ccc(S(=O)(=O)N2CCOCC2)cc1. The summed E-state index contributed by atoms with van der Waals surface area (Å²) in [7, 11) is -3.48. The summed E-state index contributed by atoms with van der Waals surface area (Å²) in [4.78, 5) is 11.9. The number of sulfonamides is 1. The molecule has 23 heavy (non-hydrogen) atoms. The number of benzene rings is 1. The summed E-state index contributed by atoms with van der Waals surface area (Å²) < 4.78 is 31.6. The highest BCUT2D eigenvalue weighted by Crippen LogP contribution is 2.17. The number of carbonyl (C=O) groups is 1. The first kappa shape index (κ1) is 17.9. The predicted molar refractivity (Wildman–Crippen MR) is 86.1 cm³/mol. The van der Waals surface area contributed by atoms with E-state index in [0.29, 0.717) is 39.4 Å². The summed E-state index contributed by atoms with van der Waals surface area (Å²) in [5, 5.41) is 2.78. The summed E-state index contributed by atoms with van der Waals surface area (Å²) in [6.45, 7) is 3.98. The summed E-state index contributed by atoms with van der Waals surface area (Å²) in [5.74, 6) is -0.353. The Hall–Kier alpha value is -1.48. The number of rotatable bonds is 6. The zero-order valence-corrected chi connectivity index (χ0v) is 14.0. The molecule has 0 aromatic heterocycles. The van der Waals surface area contributed by atoms with Crippen LogP contribution in [-0.4, -0.2) is 51.5 Å². The fraction of sp³-hybridized carbons (Fsp3) is 0.533. The monoisotopic (exact) mass is 341 g/mol. The van der Waals surface area contributed by atoms with Crippen molar-refractivity contribution in [2.45, 2.75) is 18.4 Å². The lowest BCUT2D eigenvalue weighted by molar-refractivity contribution is -0.124. The molecule has 1 fully saturated rings. The van der Waals surface area contributed by atoms with E-state index in [-0.39, 0.29) is 16.7 Å².